The Morgan fingerprint density at radius 1 is 0.800 bits per heavy atom. The maximum atomic E-state index is 12.9. The van der Waals surface area contributed by atoms with Gasteiger partial charge in [0.1, 0.15) is 0 Å². The number of aromatic nitrogens is 1. The van der Waals surface area contributed by atoms with E-state index in [0.717, 1.165) is 35.0 Å². The molecule has 0 atom stereocenters. The highest BCUT2D eigenvalue weighted by Gasteiger charge is 2.32. The van der Waals surface area contributed by atoms with E-state index in [1.165, 1.54) is 6.42 Å². The molecule has 5 heteroatoms. The van der Waals surface area contributed by atoms with E-state index >= 15 is 0 Å². The summed E-state index contributed by atoms with van der Waals surface area (Å²) < 4.78 is 0. The Morgan fingerprint density at radius 2 is 1.50 bits per heavy atom. The molecule has 5 rings (SSSR count). The fraction of sp³-hybridized carbons (Fsp3) is 0.320. The van der Waals surface area contributed by atoms with Crippen LogP contribution >= 0.6 is 0 Å². The van der Waals surface area contributed by atoms with Crippen molar-refractivity contribution in [1.82, 2.24) is 14.8 Å². The summed E-state index contributed by atoms with van der Waals surface area (Å²) in [5.41, 5.74) is 3.53. The monoisotopic (exact) mass is 399 g/mol. The van der Waals surface area contributed by atoms with Gasteiger partial charge in [-0.1, -0.05) is 42.8 Å². The van der Waals surface area contributed by atoms with E-state index in [1.807, 2.05) is 64.4 Å². The zero-order valence-corrected chi connectivity index (χ0v) is 17.0. The number of carbonyl (C=O) groups excluding carboxylic acids is 2. The SMILES string of the molecule is O=C(c1ccc(-c2ccc3ccccc3n2)cc1)N1CCN(C(=O)C2CCC2)CC1. The van der Waals surface area contributed by atoms with E-state index in [4.69, 9.17) is 4.98 Å². The average molecular weight is 399 g/mol. The average Bonchev–Trinajstić information content (AvgIpc) is 2.77. The lowest BCUT2D eigenvalue weighted by atomic mass is 9.84. The van der Waals surface area contributed by atoms with E-state index in [9.17, 15) is 9.59 Å². The highest BCUT2D eigenvalue weighted by atomic mass is 16.2. The Morgan fingerprint density at radius 3 is 2.20 bits per heavy atom. The number of piperazine rings is 1. The van der Waals surface area contributed by atoms with Crippen molar-refractivity contribution in [1.29, 1.82) is 0 Å². The number of rotatable bonds is 3. The van der Waals surface area contributed by atoms with E-state index in [0.29, 0.717) is 31.7 Å². The molecule has 3 aromatic rings. The molecule has 30 heavy (non-hydrogen) atoms. The van der Waals surface area contributed by atoms with Gasteiger partial charge in [-0.2, -0.15) is 0 Å². The second-order valence-corrected chi connectivity index (χ2v) is 8.21. The number of pyridine rings is 1. The lowest BCUT2D eigenvalue weighted by Crippen LogP contribution is -2.52. The molecule has 1 aliphatic carbocycles. The van der Waals surface area contributed by atoms with Gasteiger partial charge in [-0.3, -0.25) is 9.59 Å². The maximum Gasteiger partial charge on any atom is 0.253 e. The van der Waals surface area contributed by atoms with Crippen LogP contribution in [0.4, 0.5) is 0 Å². The number of hydrogen-bond donors (Lipinski definition) is 0. The zero-order valence-electron chi connectivity index (χ0n) is 17.0. The van der Waals surface area contributed by atoms with Crippen molar-refractivity contribution in [3.05, 3.63) is 66.2 Å². The third kappa shape index (κ3) is 3.56. The fourth-order valence-electron chi connectivity index (χ4n) is 4.24. The molecular weight excluding hydrogens is 374 g/mol. The molecule has 2 amide bonds. The quantitative estimate of drug-likeness (QED) is 0.669. The van der Waals surface area contributed by atoms with Gasteiger partial charge in [0.05, 0.1) is 11.2 Å². The molecule has 1 saturated carbocycles. The van der Waals surface area contributed by atoms with E-state index in [-0.39, 0.29) is 17.7 Å². The van der Waals surface area contributed by atoms with Crippen molar-refractivity contribution in [2.24, 2.45) is 5.92 Å². The Bertz CT molecular complexity index is 1080. The number of benzene rings is 2. The van der Waals surface area contributed by atoms with Gasteiger partial charge in [-0.05, 0) is 37.1 Å². The molecule has 2 heterocycles. The van der Waals surface area contributed by atoms with Crippen LogP contribution in [0, 0.1) is 5.92 Å². The zero-order chi connectivity index (χ0) is 20.5. The minimum atomic E-state index is 0.0313. The van der Waals surface area contributed by atoms with Crippen molar-refractivity contribution >= 4 is 22.7 Å². The molecule has 0 N–H and O–H groups in total. The smallest absolute Gasteiger partial charge is 0.253 e. The van der Waals surface area contributed by atoms with Crippen LogP contribution in [-0.4, -0.2) is 52.8 Å². The molecule has 0 spiro atoms. The third-order valence-electron chi connectivity index (χ3n) is 6.36. The second-order valence-electron chi connectivity index (χ2n) is 8.21. The van der Waals surface area contributed by atoms with Crippen molar-refractivity contribution in [3.63, 3.8) is 0 Å². The molecular formula is C25H25N3O2. The molecule has 2 aliphatic rings. The molecule has 5 nitrogen and oxygen atoms in total. The predicted octanol–water partition coefficient (Wildman–Crippen LogP) is 3.99. The molecule has 1 saturated heterocycles. The summed E-state index contributed by atoms with van der Waals surface area (Å²) in [5.74, 6) is 0.535. The number of carbonyl (C=O) groups is 2. The molecule has 152 valence electrons. The summed E-state index contributed by atoms with van der Waals surface area (Å²) in [6, 6.07) is 19.8. The van der Waals surface area contributed by atoms with Gasteiger partial charge in [0, 0.05) is 48.6 Å². The molecule has 2 aromatic carbocycles. The minimum absolute atomic E-state index is 0.0313. The highest BCUT2D eigenvalue weighted by molar-refractivity contribution is 5.95. The summed E-state index contributed by atoms with van der Waals surface area (Å²) in [7, 11) is 0. The van der Waals surface area contributed by atoms with Gasteiger partial charge in [0.15, 0.2) is 0 Å². The van der Waals surface area contributed by atoms with Crippen molar-refractivity contribution in [3.8, 4) is 11.3 Å². The first-order valence-corrected chi connectivity index (χ1v) is 10.7. The Balaban J connectivity index is 1.25. The van der Waals surface area contributed by atoms with Crippen LogP contribution in [-0.2, 0) is 4.79 Å². The highest BCUT2D eigenvalue weighted by Crippen LogP contribution is 2.28. The van der Waals surface area contributed by atoms with Crippen LogP contribution in [0.25, 0.3) is 22.2 Å². The summed E-state index contributed by atoms with van der Waals surface area (Å²) in [6.07, 6.45) is 3.21. The first-order valence-electron chi connectivity index (χ1n) is 10.7. The minimum Gasteiger partial charge on any atom is -0.339 e. The van der Waals surface area contributed by atoms with Crippen LogP contribution in [0.3, 0.4) is 0 Å². The van der Waals surface area contributed by atoms with Crippen molar-refractivity contribution in [2.45, 2.75) is 19.3 Å². The number of hydrogen-bond acceptors (Lipinski definition) is 3. The lowest BCUT2D eigenvalue weighted by Gasteiger charge is -2.38. The van der Waals surface area contributed by atoms with Gasteiger partial charge >= 0.3 is 0 Å². The van der Waals surface area contributed by atoms with Gasteiger partial charge in [0.2, 0.25) is 5.91 Å². The van der Waals surface area contributed by atoms with Crippen LogP contribution in [0.15, 0.2) is 60.7 Å². The largest absolute Gasteiger partial charge is 0.339 e. The summed E-state index contributed by atoms with van der Waals surface area (Å²) >= 11 is 0. The van der Waals surface area contributed by atoms with Crippen LogP contribution < -0.4 is 0 Å². The number of para-hydroxylation sites is 1. The predicted molar refractivity (Wildman–Crippen MR) is 117 cm³/mol. The van der Waals surface area contributed by atoms with Gasteiger partial charge in [-0.15, -0.1) is 0 Å². The van der Waals surface area contributed by atoms with E-state index in [1.54, 1.807) is 0 Å². The number of fused-ring (bicyclic) bond motifs is 1. The van der Waals surface area contributed by atoms with E-state index < -0.39 is 0 Å². The maximum absolute atomic E-state index is 12.9. The molecule has 0 unspecified atom stereocenters. The Hall–Kier alpha value is -3.21. The summed E-state index contributed by atoms with van der Waals surface area (Å²) in [4.78, 5) is 33.8. The van der Waals surface area contributed by atoms with Crippen LogP contribution in [0.2, 0.25) is 0 Å². The van der Waals surface area contributed by atoms with Crippen molar-refractivity contribution < 1.29 is 9.59 Å². The summed E-state index contributed by atoms with van der Waals surface area (Å²) in [5, 5.41) is 1.11. The van der Waals surface area contributed by atoms with Gasteiger partial charge in [0.25, 0.3) is 5.91 Å². The van der Waals surface area contributed by atoms with Gasteiger partial charge < -0.3 is 9.80 Å². The molecule has 1 aromatic heterocycles. The number of amides is 2. The van der Waals surface area contributed by atoms with Crippen LogP contribution in [0.5, 0.6) is 0 Å². The Labute approximate surface area is 176 Å². The van der Waals surface area contributed by atoms with Crippen molar-refractivity contribution in [2.75, 3.05) is 26.2 Å². The normalized spacial score (nSPS) is 17.1. The fourth-order valence-corrected chi connectivity index (χ4v) is 4.24. The molecule has 2 fully saturated rings. The lowest BCUT2D eigenvalue weighted by molar-refractivity contribution is -0.139. The van der Waals surface area contributed by atoms with Gasteiger partial charge in [-0.25, -0.2) is 4.98 Å². The Kier molecular flexibility index (Phi) is 4.95. The van der Waals surface area contributed by atoms with E-state index in [2.05, 4.69) is 6.07 Å². The molecule has 1 aliphatic heterocycles. The number of nitrogens with zero attached hydrogens (tertiary/aromatic N) is 3. The third-order valence-corrected chi connectivity index (χ3v) is 6.36. The van der Waals surface area contributed by atoms with Crippen LogP contribution in [0.1, 0.15) is 29.6 Å². The second kappa shape index (κ2) is 7.90. The summed E-state index contributed by atoms with van der Waals surface area (Å²) in [6.45, 7) is 2.48. The molecule has 0 radical (unpaired) electrons. The first-order chi connectivity index (χ1) is 14.7. The topological polar surface area (TPSA) is 53.5 Å². The first kappa shape index (κ1) is 18.8. The standard InChI is InChI=1S/C25H25N3O2/c29-24(20-5-3-6-20)27-14-16-28(17-15-27)25(30)21-10-8-19(9-11-21)23-13-12-18-4-1-2-7-22(18)26-23/h1-2,4,7-13,20H,3,5-6,14-17H2. The molecule has 0 bridgehead atoms.